The SMILES string of the molecule is COc1ccc(C(O)c2cc3c(s2)CCC3)c(Br)c1. The summed E-state index contributed by atoms with van der Waals surface area (Å²) in [6.45, 7) is 0. The molecule has 0 fully saturated rings. The largest absolute Gasteiger partial charge is 0.497 e. The maximum Gasteiger partial charge on any atom is 0.120 e. The van der Waals surface area contributed by atoms with Gasteiger partial charge in [-0.3, -0.25) is 0 Å². The van der Waals surface area contributed by atoms with Crippen molar-refractivity contribution in [1.82, 2.24) is 0 Å². The topological polar surface area (TPSA) is 29.5 Å². The number of aliphatic hydroxyl groups excluding tert-OH is 1. The highest BCUT2D eigenvalue weighted by molar-refractivity contribution is 9.10. The van der Waals surface area contributed by atoms with E-state index in [0.717, 1.165) is 33.5 Å². The third-order valence-corrected chi connectivity index (χ3v) is 5.51. The molecule has 0 saturated carbocycles. The minimum Gasteiger partial charge on any atom is -0.497 e. The molecule has 100 valence electrons. The van der Waals surface area contributed by atoms with Crippen LogP contribution in [0.25, 0.3) is 0 Å². The molecule has 1 aromatic carbocycles. The quantitative estimate of drug-likeness (QED) is 0.913. The zero-order valence-electron chi connectivity index (χ0n) is 10.6. The average Bonchev–Trinajstić information content (AvgIpc) is 2.98. The second-order valence-electron chi connectivity index (χ2n) is 4.74. The highest BCUT2D eigenvalue weighted by atomic mass is 79.9. The number of thiophene rings is 1. The second-order valence-corrected chi connectivity index (χ2v) is 6.76. The van der Waals surface area contributed by atoms with Crippen molar-refractivity contribution in [2.24, 2.45) is 0 Å². The fourth-order valence-corrected chi connectivity index (χ4v) is 4.33. The zero-order valence-corrected chi connectivity index (χ0v) is 13.1. The first-order chi connectivity index (χ1) is 9.19. The van der Waals surface area contributed by atoms with Crippen molar-refractivity contribution in [3.8, 4) is 5.75 Å². The van der Waals surface area contributed by atoms with Crippen LogP contribution in [0.3, 0.4) is 0 Å². The molecule has 0 saturated heterocycles. The lowest BCUT2D eigenvalue weighted by Crippen LogP contribution is -1.99. The number of benzene rings is 1. The van der Waals surface area contributed by atoms with Gasteiger partial charge in [-0.2, -0.15) is 0 Å². The van der Waals surface area contributed by atoms with E-state index in [1.165, 1.54) is 16.9 Å². The molecule has 1 atom stereocenters. The minimum absolute atomic E-state index is 0.559. The van der Waals surface area contributed by atoms with E-state index in [1.54, 1.807) is 18.4 Å². The summed E-state index contributed by atoms with van der Waals surface area (Å²) in [5, 5.41) is 10.5. The lowest BCUT2D eigenvalue weighted by atomic mass is 10.1. The van der Waals surface area contributed by atoms with Crippen LogP contribution in [0.4, 0.5) is 0 Å². The van der Waals surface area contributed by atoms with Gasteiger partial charge in [-0.25, -0.2) is 0 Å². The molecule has 1 N–H and O–H groups in total. The van der Waals surface area contributed by atoms with E-state index in [2.05, 4.69) is 22.0 Å². The Kier molecular flexibility index (Phi) is 3.65. The van der Waals surface area contributed by atoms with Crippen LogP contribution in [0.1, 0.15) is 33.4 Å². The Balaban J connectivity index is 1.92. The van der Waals surface area contributed by atoms with E-state index >= 15 is 0 Å². The van der Waals surface area contributed by atoms with Crippen molar-refractivity contribution in [3.63, 3.8) is 0 Å². The normalized spacial score (nSPS) is 15.3. The summed E-state index contributed by atoms with van der Waals surface area (Å²) < 4.78 is 6.06. The number of rotatable bonds is 3. The monoisotopic (exact) mass is 338 g/mol. The van der Waals surface area contributed by atoms with Crippen LogP contribution in [-0.2, 0) is 12.8 Å². The fraction of sp³-hybridized carbons (Fsp3) is 0.333. The first-order valence-corrected chi connectivity index (χ1v) is 7.93. The van der Waals surface area contributed by atoms with E-state index in [4.69, 9.17) is 4.74 Å². The molecule has 1 aromatic heterocycles. The van der Waals surface area contributed by atoms with Crippen molar-refractivity contribution in [1.29, 1.82) is 0 Å². The minimum atomic E-state index is -0.559. The van der Waals surface area contributed by atoms with Gasteiger partial charge in [0.25, 0.3) is 0 Å². The van der Waals surface area contributed by atoms with Crippen LogP contribution in [0, 0.1) is 0 Å². The number of hydrogen-bond donors (Lipinski definition) is 1. The maximum absolute atomic E-state index is 10.5. The Hall–Kier alpha value is -0.840. The molecule has 2 nitrogen and oxygen atoms in total. The Bertz CT molecular complexity index is 585. The van der Waals surface area contributed by atoms with Crippen LogP contribution in [0.2, 0.25) is 0 Å². The van der Waals surface area contributed by atoms with E-state index in [1.807, 2.05) is 18.2 Å². The standard InChI is InChI=1S/C15H15BrO2S/c1-18-10-5-6-11(12(16)8-10)15(17)14-7-9-3-2-4-13(9)19-14/h5-8,15,17H,2-4H2,1H3. The summed E-state index contributed by atoms with van der Waals surface area (Å²) in [4.78, 5) is 2.48. The Morgan fingerprint density at radius 1 is 1.32 bits per heavy atom. The first-order valence-electron chi connectivity index (χ1n) is 6.32. The van der Waals surface area contributed by atoms with E-state index in [9.17, 15) is 5.11 Å². The van der Waals surface area contributed by atoms with Crippen LogP contribution in [-0.4, -0.2) is 12.2 Å². The van der Waals surface area contributed by atoms with Gasteiger partial charge < -0.3 is 9.84 Å². The van der Waals surface area contributed by atoms with Crippen molar-refractivity contribution >= 4 is 27.3 Å². The van der Waals surface area contributed by atoms with Crippen LogP contribution in [0.5, 0.6) is 5.75 Å². The molecule has 19 heavy (non-hydrogen) atoms. The highest BCUT2D eigenvalue weighted by Gasteiger charge is 2.21. The molecule has 0 amide bonds. The number of ether oxygens (including phenoxy) is 1. The van der Waals surface area contributed by atoms with Gasteiger partial charge >= 0.3 is 0 Å². The van der Waals surface area contributed by atoms with Crippen LogP contribution in [0.15, 0.2) is 28.7 Å². The van der Waals surface area contributed by atoms with Crippen molar-refractivity contribution < 1.29 is 9.84 Å². The van der Waals surface area contributed by atoms with Gasteiger partial charge in [-0.05, 0) is 43.0 Å². The van der Waals surface area contributed by atoms with E-state index in [-0.39, 0.29) is 0 Å². The zero-order chi connectivity index (χ0) is 13.4. The number of halogens is 1. The third-order valence-electron chi connectivity index (χ3n) is 3.54. The fourth-order valence-electron chi connectivity index (χ4n) is 2.50. The highest BCUT2D eigenvalue weighted by Crippen LogP contribution is 2.38. The van der Waals surface area contributed by atoms with E-state index < -0.39 is 6.10 Å². The molecule has 1 unspecified atom stereocenters. The predicted molar refractivity (Wildman–Crippen MR) is 81.1 cm³/mol. The first kappa shape index (κ1) is 13.2. The molecule has 3 rings (SSSR count). The molecule has 1 aliphatic carbocycles. The Morgan fingerprint density at radius 3 is 2.84 bits per heavy atom. The van der Waals surface area contributed by atoms with Gasteiger partial charge in [0.05, 0.1) is 7.11 Å². The molecule has 0 bridgehead atoms. The van der Waals surface area contributed by atoms with E-state index in [0.29, 0.717) is 0 Å². The smallest absolute Gasteiger partial charge is 0.120 e. The van der Waals surface area contributed by atoms with Crippen molar-refractivity contribution in [2.45, 2.75) is 25.4 Å². The number of fused-ring (bicyclic) bond motifs is 1. The summed E-state index contributed by atoms with van der Waals surface area (Å²) in [6, 6.07) is 7.84. The van der Waals surface area contributed by atoms with Crippen molar-refractivity contribution in [3.05, 3.63) is 49.6 Å². The lowest BCUT2D eigenvalue weighted by Gasteiger charge is -2.12. The molecule has 2 aromatic rings. The molecular formula is C15H15BrO2S. The maximum atomic E-state index is 10.5. The summed E-state index contributed by atoms with van der Waals surface area (Å²) in [5.41, 5.74) is 2.31. The average molecular weight is 339 g/mol. The molecule has 1 aliphatic rings. The molecule has 4 heteroatoms. The number of aryl methyl sites for hydroxylation is 2. The molecular weight excluding hydrogens is 324 g/mol. The van der Waals surface area contributed by atoms with Gasteiger partial charge in [0, 0.05) is 19.8 Å². The number of aliphatic hydroxyl groups is 1. The van der Waals surface area contributed by atoms with Gasteiger partial charge in [0.15, 0.2) is 0 Å². The van der Waals surface area contributed by atoms with Crippen LogP contribution < -0.4 is 4.74 Å². The second kappa shape index (κ2) is 5.27. The molecule has 0 aliphatic heterocycles. The summed E-state index contributed by atoms with van der Waals surface area (Å²) in [5.74, 6) is 0.788. The van der Waals surface area contributed by atoms with Gasteiger partial charge in [-0.1, -0.05) is 22.0 Å². The number of methoxy groups -OCH3 is 1. The molecule has 0 radical (unpaired) electrons. The summed E-state index contributed by atoms with van der Waals surface area (Å²) in [6.07, 6.45) is 3.01. The summed E-state index contributed by atoms with van der Waals surface area (Å²) in [7, 11) is 1.64. The van der Waals surface area contributed by atoms with Gasteiger partial charge in [-0.15, -0.1) is 11.3 Å². The number of hydrogen-bond acceptors (Lipinski definition) is 3. The van der Waals surface area contributed by atoms with Crippen LogP contribution >= 0.6 is 27.3 Å². The lowest BCUT2D eigenvalue weighted by molar-refractivity contribution is 0.223. The molecule has 1 heterocycles. The third kappa shape index (κ3) is 2.45. The Labute approximate surface area is 125 Å². The Morgan fingerprint density at radius 2 is 2.16 bits per heavy atom. The van der Waals surface area contributed by atoms with Gasteiger partial charge in [0.1, 0.15) is 11.9 Å². The van der Waals surface area contributed by atoms with Gasteiger partial charge in [0.2, 0.25) is 0 Å². The van der Waals surface area contributed by atoms with Crippen molar-refractivity contribution in [2.75, 3.05) is 7.11 Å². The predicted octanol–water partition coefficient (Wildman–Crippen LogP) is 4.09. The molecule has 0 spiro atoms. The summed E-state index contributed by atoms with van der Waals surface area (Å²) >= 11 is 5.25.